The molecule has 0 aliphatic rings. The van der Waals surface area contributed by atoms with Crippen molar-refractivity contribution < 1.29 is 23.1 Å². The van der Waals surface area contributed by atoms with E-state index in [4.69, 9.17) is 4.74 Å². The van der Waals surface area contributed by atoms with Gasteiger partial charge >= 0.3 is 5.97 Å². The van der Waals surface area contributed by atoms with Crippen molar-refractivity contribution in [3.05, 3.63) is 70.7 Å². The van der Waals surface area contributed by atoms with Crippen LogP contribution in [-0.2, 0) is 20.7 Å². The van der Waals surface area contributed by atoms with Gasteiger partial charge in [-0.3, -0.25) is 9.59 Å². The average Bonchev–Trinajstić information content (AvgIpc) is 3.11. The molecule has 3 aromatic rings. The number of nitrogens with one attached hydrogen (secondary N) is 1. The lowest BCUT2D eigenvalue weighted by Crippen LogP contribution is -2.22. The first kappa shape index (κ1) is 19.6. The van der Waals surface area contributed by atoms with Gasteiger partial charge in [-0.05, 0) is 25.1 Å². The fourth-order valence-electron chi connectivity index (χ4n) is 2.42. The van der Waals surface area contributed by atoms with Crippen molar-refractivity contribution in [2.24, 2.45) is 0 Å². The van der Waals surface area contributed by atoms with Crippen molar-refractivity contribution in [1.29, 1.82) is 0 Å². The van der Waals surface area contributed by atoms with Crippen LogP contribution in [0.5, 0.6) is 0 Å². The van der Waals surface area contributed by atoms with Crippen LogP contribution in [0, 0.1) is 18.6 Å². The van der Waals surface area contributed by atoms with Crippen LogP contribution in [0.15, 0.2) is 47.8 Å². The summed E-state index contributed by atoms with van der Waals surface area (Å²) in [5.74, 6) is -2.89. The zero-order valence-electron chi connectivity index (χ0n) is 14.9. The van der Waals surface area contributed by atoms with Gasteiger partial charge < -0.3 is 10.1 Å². The van der Waals surface area contributed by atoms with E-state index in [2.05, 4.69) is 10.3 Å². The third-order valence-electron chi connectivity index (χ3n) is 3.71. The molecule has 5 nitrogen and oxygen atoms in total. The van der Waals surface area contributed by atoms with Crippen LogP contribution in [0.4, 0.5) is 14.5 Å². The fraction of sp³-hybridized carbons (Fsp3) is 0.150. The van der Waals surface area contributed by atoms with Crippen molar-refractivity contribution in [2.75, 3.05) is 11.9 Å². The number of anilines is 1. The first-order valence-electron chi connectivity index (χ1n) is 8.32. The van der Waals surface area contributed by atoms with Crippen LogP contribution in [-0.4, -0.2) is 23.5 Å². The molecule has 3 rings (SSSR count). The largest absolute Gasteiger partial charge is 0.455 e. The minimum atomic E-state index is -0.785. The molecule has 1 aromatic heterocycles. The van der Waals surface area contributed by atoms with Crippen LogP contribution in [0.3, 0.4) is 0 Å². The highest BCUT2D eigenvalue weighted by Gasteiger charge is 2.13. The number of hydrogen-bond acceptors (Lipinski definition) is 5. The number of rotatable bonds is 6. The van der Waals surface area contributed by atoms with Crippen LogP contribution in [0.2, 0.25) is 0 Å². The predicted molar refractivity (Wildman–Crippen MR) is 102 cm³/mol. The molecule has 144 valence electrons. The van der Waals surface area contributed by atoms with E-state index < -0.39 is 30.1 Å². The van der Waals surface area contributed by atoms with Gasteiger partial charge in [0.1, 0.15) is 16.6 Å². The minimum absolute atomic E-state index is 0.0933. The van der Waals surface area contributed by atoms with Crippen molar-refractivity contribution in [3.8, 4) is 10.6 Å². The molecule has 0 aliphatic carbocycles. The third kappa shape index (κ3) is 5.20. The number of halogens is 2. The lowest BCUT2D eigenvalue weighted by molar-refractivity contribution is -0.146. The topological polar surface area (TPSA) is 68.3 Å². The summed E-state index contributed by atoms with van der Waals surface area (Å²) >= 11 is 1.41. The number of amides is 1. The molecular formula is C20H16F2N2O3S. The summed E-state index contributed by atoms with van der Waals surface area (Å²) in [4.78, 5) is 28.1. The Hall–Kier alpha value is -3.13. The maximum Gasteiger partial charge on any atom is 0.312 e. The number of thiazole rings is 1. The Bertz CT molecular complexity index is 1020. The minimum Gasteiger partial charge on any atom is -0.455 e. The monoisotopic (exact) mass is 402 g/mol. The molecule has 0 bridgehead atoms. The second-order valence-corrected chi connectivity index (χ2v) is 6.88. The number of benzene rings is 2. The summed E-state index contributed by atoms with van der Waals surface area (Å²) < 4.78 is 31.5. The Labute approximate surface area is 164 Å². The van der Waals surface area contributed by atoms with Crippen molar-refractivity contribution in [1.82, 2.24) is 4.98 Å². The van der Waals surface area contributed by atoms with E-state index in [1.165, 1.54) is 11.3 Å². The molecule has 0 spiro atoms. The molecule has 0 atom stereocenters. The lowest BCUT2D eigenvalue weighted by atomic mass is 10.1. The normalized spacial score (nSPS) is 10.5. The third-order valence-corrected chi connectivity index (χ3v) is 4.65. The second-order valence-electron chi connectivity index (χ2n) is 6.02. The van der Waals surface area contributed by atoms with Gasteiger partial charge in [0.05, 0.1) is 17.8 Å². The van der Waals surface area contributed by atoms with E-state index in [0.29, 0.717) is 5.69 Å². The van der Waals surface area contributed by atoms with Crippen molar-refractivity contribution in [2.45, 2.75) is 13.3 Å². The molecule has 0 unspecified atom stereocenters. The van der Waals surface area contributed by atoms with E-state index >= 15 is 0 Å². The molecular weight excluding hydrogens is 386 g/mol. The smallest absolute Gasteiger partial charge is 0.312 e. The first-order valence-corrected chi connectivity index (χ1v) is 9.20. The van der Waals surface area contributed by atoms with Gasteiger partial charge in [0, 0.05) is 17.0 Å². The van der Waals surface area contributed by atoms with E-state index in [-0.39, 0.29) is 12.1 Å². The molecule has 0 fully saturated rings. The summed E-state index contributed by atoms with van der Waals surface area (Å²) in [6.45, 7) is 1.37. The molecule has 0 saturated heterocycles. The maximum absolute atomic E-state index is 13.5. The summed E-state index contributed by atoms with van der Waals surface area (Å²) in [7, 11) is 0. The molecule has 1 N–H and O–H groups in total. The number of aromatic nitrogens is 1. The van der Waals surface area contributed by atoms with E-state index in [0.717, 1.165) is 34.3 Å². The number of hydrogen-bond donors (Lipinski definition) is 1. The molecule has 0 radical (unpaired) electrons. The lowest BCUT2D eigenvalue weighted by Gasteiger charge is -2.07. The van der Waals surface area contributed by atoms with Gasteiger partial charge in [-0.2, -0.15) is 0 Å². The number of ether oxygens (including phenoxy) is 1. The summed E-state index contributed by atoms with van der Waals surface area (Å²) in [5.41, 5.74) is 2.28. The standard InChI is InChI=1S/C20H16F2N2O3S/c1-12-3-2-4-13(7-12)20-23-15(11-28-20)9-19(26)27-10-18(25)24-17-8-14(21)5-6-16(17)22/h2-8,11H,9-10H2,1H3,(H,24,25). The molecule has 1 heterocycles. The molecule has 1 amide bonds. The zero-order chi connectivity index (χ0) is 20.1. The summed E-state index contributed by atoms with van der Waals surface area (Å²) in [6.07, 6.45) is -0.0933. The fourth-order valence-corrected chi connectivity index (χ4v) is 3.24. The Morgan fingerprint density at radius 1 is 1.18 bits per heavy atom. The van der Waals surface area contributed by atoms with Gasteiger partial charge in [-0.1, -0.05) is 23.8 Å². The number of nitrogens with zero attached hydrogens (tertiary/aromatic N) is 1. The number of carbonyl (C=O) groups excluding carboxylic acids is 2. The Balaban J connectivity index is 1.52. The Kier molecular flexibility index (Phi) is 6.10. The predicted octanol–water partition coefficient (Wildman–Crippen LogP) is 4.12. The Morgan fingerprint density at radius 3 is 2.79 bits per heavy atom. The zero-order valence-corrected chi connectivity index (χ0v) is 15.7. The van der Waals surface area contributed by atoms with Crippen LogP contribution in [0.1, 0.15) is 11.3 Å². The summed E-state index contributed by atoms with van der Waals surface area (Å²) in [6, 6.07) is 10.5. The van der Waals surface area contributed by atoms with Gasteiger partial charge in [0.15, 0.2) is 6.61 Å². The molecule has 0 saturated carbocycles. The highest BCUT2D eigenvalue weighted by atomic mass is 32.1. The number of esters is 1. The van der Waals surface area contributed by atoms with Crippen LogP contribution < -0.4 is 5.32 Å². The number of carbonyl (C=O) groups is 2. The quantitative estimate of drug-likeness (QED) is 0.630. The SMILES string of the molecule is Cc1cccc(-c2nc(CC(=O)OCC(=O)Nc3cc(F)ccc3F)cs2)c1. The van der Waals surface area contributed by atoms with Crippen molar-refractivity contribution in [3.63, 3.8) is 0 Å². The average molecular weight is 402 g/mol. The Morgan fingerprint density at radius 2 is 2.00 bits per heavy atom. The van der Waals surface area contributed by atoms with Gasteiger partial charge in [-0.15, -0.1) is 11.3 Å². The molecule has 8 heteroatoms. The van der Waals surface area contributed by atoms with Crippen LogP contribution >= 0.6 is 11.3 Å². The number of aryl methyl sites for hydroxylation is 1. The van der Waals surface area contributed by atoms with Gasteiger partial charge in [0.2, 0.25) is 0 Å². The molecule has 28 heavy (non-hydrogen) atoms. The highest BCUT2D eigenvalue weighted by Crippen LogP contribution is 2.24. The molecule has 2 aromatic carbocycles. The highest BCUT2D eigenvalue weighted by molar-refractivity contribution is 7.13. The van der Waals surface area contributed by atoms with Crippen LogP contribution in [0.25, 0.3) is 10.6 Å². The van der Waals surface area contributed by atoms with E-state index in [9.17, 15) is 18.4 Å². The molecule has 0 aliphatic heterocycles. The van der Waals surface area contributed by atoms with Gasteiger partial charge in [0.25, 0.3) is 5.91 Å². The summed E-state index contributed by atoms with van der Waals surface area (Å²) in [5, 5.41) is 4.69. The second kappa shape index (κ2) is 8.71. The van der Waals surface area contributed by atoms with E-state index in [1.54, 1.807) is 5.38 Å². The maximum atomic E-state index is 13.5. The van der Waals surface area contributed by atoms with Crippen molar-refractivity contribution >= 4 is 28.9 Å². The van der Waals surface area contributed by atoms with E-state index in [1.807, 2.05) is 31.2 Å². The first-order chi connectivity index (χ1) is 13.4. The van der Waals surface area contributed by atoms with Gasteiger partial charge in [-0.25, -0.2) is 13.8 Å².